The maximum Gasteiger partial charge on any atom is 0.266 e. The van der Waals surface area contributed by atoms with Gasteiger partial charge in [-0.25, -0.2) is 9.37 Å². The minimum absolute atomic E-state index is 0.0794. The van der Waals surface area contributed by atoms with Gasteiger partial charge in [-0.2, -0.15) is 0 Å². The Morgan fingerprint density at radius 1 is 1.06 bits per heavy atom. The molecule has 3 aromatic rings. The fourth-order valence-electron chi connectivity index (χ4n) is 3.48. The Morgan fingerprint density at radius 2 is 1.70 bits per heavy atom. The third-order valence-electron chi connectivity index (χ3n) is 5.16. The van der Waals surface area contributed by atoms with Gasteiger partial charge in [0.15, 0.2) is 16.7 Å². The van der Waals surface area contributed by atoms with Crippen LogP contribution in [-0.4, -0.2) is 60.5 Å². The topological polar surface area (TPSA) is 82.9 Å². The molecule has 2 aromatic carbocycles. The van der Waals surface area contributed by atoms with E-state index in [1.807, 2.05) is 13.8 Å². The first-order valence-electron chi connectivity index (χ1n) is 10.3. The van der Waals surface area contributed by atoms with Crippen molar-refractivity contribution in [3.05, 3.63) is 46.5 Å². The third-order valence-corrected chi connectivity index (χ3v) is 6.09. The van der Waals surface area contributed by atoms with Crippen LogP contribution in [0.3, 0.4) is 0 Å². The van der Waals surface area contributed by atoms with E-state index in [1.165, 1.54) is 56.2 Å². The minimum Gasteiger partial charge on any atom is -0.493 e. The molecule has 0 radical (unpaired) electrons. The number of methoxy groups -OCH3 is 3. The Morgan fingerprint density at radius 3 is 2.24 bits per heavy atom. The standard InChI is InChI=1S/C23H26FN3O5S/c1-6-26(7-2)18(28)13-33-23-25-19-16(12-17(30-3)20(31-4)21(19)32-5)22(29)27(23)15-10-8-14(24)9-11-15/h8-12H,6-7,13H2,1-5H3. The molecule has 0 spiro atoms. The third kappa shape index (κ3) is 4.75. The van der Waals surface area contributed by atoms with E-state index in [-0.39, 0.29) is 33.5 Å². The first-order valence-corrected chi connectivity index (χ1v) is 11.3. The summed E-state index contributed by atoms with van der Waals surface area (Å²) in [5, 5.41) is 0.498. The summed E-state index contributed by atoms with van der Waals surface area (Å²) in [6, 6.07) is 7.02. The summed E-state index contributed by atoms with van der Waals surface area (Å²) in [5.41, 5.74) is 0.280. The molecule has 1 amide bonds. The van der Waals surface area contributed by atoms with Crippen molar-refractivity contribution in [1.82, 2.24) is 14.5 Å². The summed E-state index contributed by atoms with van der Waals surface area (Å²) in [5.74, 6) is 0.421. The molecule has 0 N–H and O–H groups in total. The number of carbonyl (C=O) groups excluding carboxylic acids is 1. The number of amides is 1. The molecular formula is C23H26FN3O5S. The number of hydrogen-bond acceptors (Lipinski definition) is 7. The van der Waals surface area contributed by atoms with E-state index in [0.717, 1.165) is 11.8 Å². The van der Waals surface area contributed by atoms with Gasteiger partial charge >= 0.3 is 0 Å². The summed E-state index contributed by atoms with van der Waals surface area (Å²) >= 11 is 1.12. The first kappa shape index (κ1) is 24.4. The molecule has 0 atom stereocenters. The van der Waals surface area contributed by atoms with E-state index in [4.69, 9.17) is 14.2 Å². The van der Waals surface area contributed by atoms with E-state index in [1.54, 1.807) is 4.90 Å². The molecule has 0 saturated heterocycles. The van der Waals surface area contributed by atoms with Crippen molar-refractivity contribution in [1.29, 1.82) is 0 Å². The highest BCUT2D eigenvalue weighted by atomic mass is 32.2. The van der Waals surface area contributed by atoms with Crippen LogP contribution < -0.4 is 19.8 Å². The summed E-state index contributed by atoms with van der Waals surface area (Å²) in [6.07, 6.45) is 0. The van der Waals surface area contributed by atoms with Crippen molar-refractivity contribution in [3.8, 4) is 22.9 Å². The zero-order valence-electron chi connectivity index (χ0n) is 19.2. The predicted molar refractivity (Wildman–Crippen MR) is 126 cm³/mol. The number of halogens is 1. The number of hydrogen-bond donors (Lipinski definition) is 0. The number of thioether (sulfide) groups is 1. The van der Waals surface area contributed by atoms with Gasteiger partial charge in [0.25, 0.3) is 5.56 Å². The lowest BCUT2D eigenvalue weighted by molar-refractivity contribution is -0.127. The van der Waals surface area contributed by atoms with Crippen molar-refractivity contribution >= 4 is 28.6 Å². The monoisotopic (exact) mass is 475 g/mol. The average molecular weight is 476 g/mol. The molecule has 1 heterocycles. The molecule has 1 aromatic heterocycles. The fourth-order valence-corrected chi connectivity index (χ4v) is 4.38. The van der Waals surface area contributed by atoms with Crippen molar-refractivity contribution in [2.45, 2.75) is 19.0 Å². The predicted octanol–water partition coefficient (Wildman–Crippen LogP) is 3.51. The summed E-state index contributed by atoms with van der Waals surface area (Å²) in [7, 11) is 4.36. The maximum atomic E-state index is 13.6. The van der Waals surface area contributed by atoms with E-state index in [9.17, 15) is 14.0 Å². The molecule has 0 fully saturated rings. The Labute approximate surface area is 195 Å². The van der Waals surface area contributed by atoms with Gasteiger partial charge in [0.05, 0.1) is 38.2 Å². The van der Waals surface area contributed by atoms with E-state index in [0.29, 0.717) is 30.3 Å². The highest BCUT2D eigenvalue weighted by Gasteiger charge is 2.23. The molecule has 0 aliphatic carbocycles. The lowest BCUT2D eigenvalue weighted by atomic mass is 10.2. The van der Waals surface area contributed by atoms with Crippen molar-refractivity contribution in [2.24, 2.45) is 0 Å². The van der Waals surface area contributed by atoms with Crippen LogP contribution >= 0.6 is 11.8 Å². The largest absolute Gasteiger partial charge is 0.493 e. The van der Waals surface area contributed by atoms with Gasteiger partial charge in [-0.15, -0.1) is 0 Å². The average Bonchev–Trinajstić information content (AvgIpc) is 2.83. The van der Waals surface area contributed by atoms with Crippen LogP contribution in [0.4, 0.5) is 4.39 Å². The molecule has 0 saturated carbocycles. The van der Waals surface area contributed by atoms with E-state index in [2.05, 4.69) is 4.98 Å². The fraction of sp³-hybridized carbons (Fsp3) is 0.348. The molecule has 0 aliphatic rings. The van der Waals surface area contributed by atoms with Crippen molar-refractivity contribution in [2.75, 3.05) is 40.2 Å². The molecule has 0 unspecified atom stereocenters. The van der Waals surface area contributed by atoms with Crippen molar-refractivity contribution in [3.63, 3.8) is 0 Å². The zero-order valence-corrected chi connectivity index (χ0v) is 20.0. The Bertz CT molecular complexity index is 1210. The van der Waals surface area contributed by atoms with Crippen LogP contribution in [0.2, 0.25) is 0 Å². The molecule has 3 rings (SSSR count). The summed E-state index contributed by atoms with van der Waals surface area (Å²) in [6.45, 7) is 4.96. The van der Waals surface area contributed by atoms with Gasteiger partial charge < -0.3 is 19.1 Å². The van der Waals surface area contributed by atoms with Crippen LogP contribution in [-0.2, 0) is 4.79 Å². The number of rotatable bonds is 9. The quantitative estimate of drug-likeness (QED) is 0.346. The van der Waals surface area contributed by atoms with Crippen LogP contribution in [0, 0.1) is 5.82 Å². The van der Waals surface area contributed by atoms with Crippen LogP contribution in [0.15, 0.2) is 40.3 Å². The van der Waals surface area contributed by atoms with Gasteiger partial charge in [0.1, 0.15) is 11.3 Å². The number of nitrogens with zero attached hydrogens (tertiary/aromatic N) is 3. The zero-order chi connectivity index (χ0) is 24.1. The lowest BCUT2D eigenvalue weighted by Crippen LogP contribution is -2.32. The second-order valence-corrected chi connectivity index (χ2v) is 7.85. The molecule has 10 heteroatoms. The first-order chi connectivity index (χ1) is 15.9. The second kappa shape index (κ2) is 10.6. The van der Waals surface area contributed by atoms with Gasteiger partial charge in [0, 0.05) is 13.1 Å². The van der Waals surface area contributed by atoms with Crippen LogP contribution in [0.1, 0.15) is 13.8 Å². The molecule has 0 aliphatic heterocycles. The highest BCUT2D eigenvalue weighted by molar-refractivity contribution is 7.99. The molecular weight excluding hydrogens is 449 g/mol. The number of aromatic nitrogens is 2. The number of benzene rings is 2. The Kier molecular flexibility index (Phi) is 7.80. The summed E-state index contributed by atoms with van der Waals surface area (Å²) in [4.78, 5) is 32.6. The van der Waals surface area contributed by atoms with Gasteiger partial charge in [-0.05, 0) is 44.2 Å². The van der Waals surface area contributed by atoms with Gasteiger partial charge in [0.2, 0.25) is 11.7 Å². The van der Waals surface area contributed by atoms with E-state index < -0.39 is 11.4 Å². The molecule has 176 valence electrons. The molecule has 0 bridgehead atoms. The van der Waals surface area contributed by atoms with Crippen LogP contribution in [0.25, 0.3) is 16.6 Å². The molecule has 8 nitrogen and oxygen atoms in total. The Balaban J connectivity index is 2.27. The number of ether oxygens (including phenoxy) is 3. The normalized spacial score (nSPS) is 10.8. The highest BCUT2D eigenvalue weighted by Crippen LogP contribution is 2.42. The smallest absolute Gasteiger partial charge is 0.266 e. The van der Waals surface area contributed by atoms with E-state index >= 15 is 0 Å². The second-order valence-electron chi connectivity index (χ2n) is 6.91. The van der Waals surface area contributed by atoms with Crippen LogP contribution in [0.5, 0.6) is 17.2 Å². The Hall–Kier alpha value is -3.27. The SMILES string of the molecule is CCN(CC)C(=O)CSc1nc2c(OC)c(OC)c(OC)cc2c(=O)n1-c1ccc(F)cc1. The molecule has 33 heavy (non-hydrogen) atoms. The minimum atomic E-state index is -0.431. The van der Waals surface area contributed by atoms with Gasteiger partial charge in [-0.1, -0.05) is 11.8 Å². The number of fused-ring (bicyclic) bond motifs is 1. The van der Waals surface area contributed by atoms with Gasteiger partial charge in [-0.3, -0.25) is 14.2 Å². The summed E-state index contributed by atoms with van der Waals surface area (Å²) < 4.78 is 31.2. The lowest BCUT2D eigenvalue weighted by Gasteiger charge is -2.20. The van der Waals surface area contributed by atoms with Crippen molar-refractivity contribution < 1.29 is 23.4 Å². The number of carbonyl (C=O) groups is 1. The maximum absolute atomic E-state index is 13.6.